The molecule has 0 radical (unpaired) electrons. The quantitative estimate of drug-likeness (QED) is 0.159. The van der Waals surface area contributed by atoms with Crippen LogP contribution in [0, 0.1) is 0 Å². The van der Waals surface area contributed by atoms with Crippen molar-refractivity contribution < 1.29 is 0 Å². The van der Waals surface area contributed by atoms with Crippen molar-refractivity contribution in [3.63, 3.8) is 0 Å². The number of aromatic nitrogens is 1. The molecule has 5 nitrogen and oxygen atoms in total. The highest BCUT2D eigenvalue weighted by molar-refractivity contribution is 7.97. The van der Waals surface area contributed by atoms with Gasteiger partial charge in [-0.15, -0.1) is 0 Å². The average molecular weight is 444 g/mol. The third-order valence-electron chi connectivity index (χ3n) is 5.34. The van der Waals surface area contributed by atoms with Gasteiger partial charge >= 0.3 is 0 Å². The Hall–Kier alpha value is -3.06. The van der Waals surface area contributed by atoms with E-state index < -0.39 is 0 Å². The summed E-state index contributed by atoms with van der Waals surface area (Å²) in [4.78, 5) is 5.50. The second kappa shape index (κ2) is 11.0. The molecule has 0 saturated heterocycles. The predicted octanol–water partition coefficient (Wildman–Crippen LogP) is 4.89. The van der Waals surface area contributed by atoms with Gasteiger partial charge in [0.2, 0.25) is 0 Å². The minimum atomic E-state index is 0.772. The lowest BCUT2D eigenvalue weighted by atomic mass is 10.0. The van der Waals surface area contributed by atoms with Gasteiger partial charge in [-0.05, 0) is 95.9 Å². The van der Waals surface area contributed by atoms with Crippen molar-refractivity contribution in [2.24, 2.45) is 0 Å². The molecule has 0 aliphatic carbocycles. The molecule has 4 aromatic rings. The molecule has 0 bridgehead atoms. The van der Waals surface area contributed by atoms with E-state index in [1.165, 1.54) is 15.8 Å². The summed E-state index contributed by atoms with van der Waals surface area (Å²) < 4.78 is 3.50. The summed E-state index contributed by atoms with van der Waals surface area (Å²) in [7, 11) is 0. The van der Waals surface area contributed by atoms with Crippen LogP contribution in [0.15, 0.2) is 84.0 Å². The highest BCUT2D eigenvalue weighted by Gasteiger charge is 2.07. The number of benzene rings is 3. The van der Waals surface area contributed by atoms with Crippen LogP contribution in [0.2, 0.25) is 0 Å². The number of hydrogen-bond donors (Lipinski definition) is 4. The summed E-state index contributed by atoms with van der Waals surface area (Å²) in [6.07, 6.45) is 5.94. The largest absolute Gasteiger partial charge is 0.399 e. The van der Waals surface area contributed by atoms with Crippen LogP contribution in [0.4, 0.5) is 11.4 Å². The molecule has 1 heterocycles. The van der Waals surface area contributed by atoms with Crippen molar-refractivity contribution in [2.45, 2.75) is 17.7 Å². The smallest absolute Gasteiger partial charge is 0.0346 e. The summed E-state index contributed by atoms with van der Waals surface area (Å²) in [6, 6.07) is 22.6. The Balaban J connectivity index is 1.28. The number of pyridine rings is 1. The van der Waals surface area contributed by atoms with Crippen molar-refractivity contribution in [1.29, 1.82) is 0 Å². The van der Waals surface area contributed by atoms with E-state index in [1.54, 1.807) is 11.9 Å². The molecule has 0 unspecified atom stereocenters. The second-order valence-electron chi connectivity index (χ2n) is 7.78. The van der Waals surface area contributed by atoms with Crippen molar-refractivity contribution in [2.75, 3.05) is 31.1 Å². The average Bonchev–Trinajstić information content (AvgIpc) is 2.82. The van der Waals surface area contributed by atoms with E-state index >= 15 is 0 Å². The highest BCUT2D eigenvalue weighted by atomic mass is 32.2. The van der Waals surface area contributed by atoms with Gasteiger partial charge in [-0.25, -0.2) is 0 Å². The lowest BCUT2D eigenvalue weighted by Gasteiger charge is -2.11. The molecule has 0 fully saturated rings. The summed E-state index contributed by atoms with van der Waals surface area (Å²) in [5.74, 6) is 0. The zero-order chi connectivity index (χ0) is 22.2. The molecule has 1 aromatic heterocycles. The molecule has 164 valence electrons. The molecule has 0 aliphatic heterocycles. The van der Waals surface area contributed by atoms with E-state index in [4.69, 9.17) is 11.5 Å². The number of nitrogens with one attached hydrogen (secondary N) is 2. The SMILES string of the molecule is Nc1ccc(CCCNCCNSc2cc(-c3ccc(N)cc3)cc3cnccc23)cc1. The molecular weight excluding hydrogens is 414 g/mol. The Morgan fingerprint density at radius 1 is 0.781 bits per heavy atom. The Kier molecular flexibility index (Phi) is 7.61. The standard InChI is InChI=1S/C26H29N5S/c27-23-7-3-19(4-8-23)2-1-12-29-14-15-31-32-26-17-21(20-5-9-24(28)10-6-20)16-22-18-30-13-11-25(22)26/h3-11,13,16-18,29,31H,1-2,12,14-15,27-28H2. The van der Waals surface area contributed by atoms with Crippen LogP contribution in [0.25, 0.3) is 21.9 Å². The zero-order valence-corrected chi connectivity index (χ0v) is 18.9. The number of anilines is 2. The van der Waals surface area contributed by atoms with E-state index in [1.807, 2.05) is 36.7 Å². The summed E-state index contributed by atoms with van der Waals surface area (Å²) in [5.41, 5.74) is 16.8. The first kappa shape index (κ1) is 22.1. The molecule has 0 spiro atoms. The first-order valence-electron chi connectivity index (χ1n) is 10.9. The minimum absolute atomic E-state index is 0.772. The number of nitrogen functional groups attached to an aromatic ring is 2. The molecule has 0 amide bonds. The van der Waals surface area contributed by atoms with Crippen molar-refractivity contribution in [1.82, 2.24) is 15.0 Å². The van der Waals surface area contributed by atoms with Gasteiger partial charge in [0.25, 0.3) is 0 Å². The van der Waals surface area contributed by atoms with Crippen LogP contribution in [-0.2, 0) is 6.42 Å². The first-order chi connectivity index (χ1) is 15.7. The van der Waals surface area contributed by atoms with Crippen LogP contribution in [0.5, 0.6) is 0 Å². The Labute approximate surface area is 193 Å². The monoisotopic (exact) mass is 443 g/mol. The van der Waals surface area contributed by atoms with Crippen molar-refractivity contribution >= 4 is 34.1 Å². The van der Waals surface area contributed by atoms with E-state index in [9.17, 15) is 0 Å². The lowest BCUT2D eigenvalue weighted by Crippen LogP contribution is -2.25. The normalized spacial score (nSPS) is 11.1. The van der Waals surface area contributed by atoms with E-state index in [0.29, 0.717) is 0 Å². The van der Waals surface area contributed by atoms with Gasteiger partial charge in [0.15, 0.2) is 0 Å². The molecule has 0 aliphatic rings. The Morgan fingerprint density at radius 2 is 1.53 bits per heavy atom. The number of hydrogen-bond acceptors (Lipinski definition) is 6. The topological polar surface area (TPSA) is 89.0 Å². The summed E-state index contributed by atoms with van der Waals surface area (Å²) >= 11 is 1.67. The van der Waals surface area contributed by atoms with Gasteiger partial charge in [-0.3, -0.25) is 9.71 Å². The van der Waals surface area contributed by atoms with Gasteiger partial charge in [0.1, 0.15) is 0 Å². The number of aryl methyl sites for hydroxylation is 1. The summed E-state index contributed by atoms with van der Waals surface area (Å²) in [6.45, 7) is 2.80. The fourth-order valence-corrected chi connectivity index (χ4v) is 4.44. The van der Waals surface area contributed by atoms with Crippen molar-refractivity contribution in [3.8, 4) is 11.1 Å². The second-order valence-corrected chi connectivity index (χ2v) is 8.72. The zero-order valence-electron chi connectivity index (χ0n) is 18.1. The number of nitrogens with zero attached hydrogens (tertiary/aromatic N) is 1. The molecule has 6 heteroatoms. The maximum Gasteiger partial charge on any atom is 0.0346 e. The van der Waals surface area contributed by atoms with Crippen LogP contribution >= 0.6 is 11.9 Å². The van der Waals surface area contributed by atoms with Crippen LogP contribution in [0.1, 0.15) is 12.0 Å². The minimum Gasteiger partial charge on any atom is -0.399 e. The molecule has 4 rings (SSSR count). The summed E-state index contributed by atoms with van der Waals surface area (Å²) in [5, 5.41) is 5.84. The Bertz CT molecular complexity index is 1140. The third kappa shape index (κ3) is 6.01. The van der Waals surface area contributed by atoms with E-state index in [2.05, 4.69) is 57.5 Å². The highest BCUT2D eigenvalue weighted by Crippen LogP contribution is 2.32. The fourth-order valence-electron chi connectivity index (χ4n) is 3.60. The lowest BCUT2D eigenvalue weighted by molar-refractivity contribution is 0.645. The van der Waals surface area contributed by atoms with Crippen LogP contribution in [0.3, 0.4) is 0 Å². The van der Waals surface area contributed by atoms with Crippen molar-refractivity contribution in [3.05, 3.63) is 84.7 Å². The maximum atomic E-state index is 5.85. The van der Waals surface area contributed by atoms with Gasteiger partial charge in [0.05, 0.1) is 0 Å². The Morgan fingerprint density at radius 3 is 2.31 bits per heavy atom. The van der Waals surface area contributed by atoms with Crippen LogP contribution in [-0.4, -0.2) is 24.6 Å². The number of nitrogens with two attached hydrogens (primary N) is 2. The molecule has 32 heavy (non-hydrogen) atoms. The van der Waals surface area contributed by atoms with Crippen LogP contribution < -0.4 is 21.5 Å². The maximum absolute atomic E-state index is 5.85. The number of rotatable bonds is 10. The molecule has 0 atom stereocenters. The fraction of sp³-hybridized carbons (Fsp3) is 0.192. The molecule has 3 aromatic carbocycles. The van der Waals surface area contributed by atoms with Gasteiger partial charge in [-0.2, -0.15) is 0 Å². The third-order valence-corrected chi connectivity index (χ3v) is 6.25. The van der Waals surface area contributed by atoms with E-state index in [-0.39, 0.29) is 0 Å². The molecular formula is C26H29N5S. The van der Waals surface area contributed by atoms with E-state index in [0.717, 1.165) is 60.4 Å². The first-order valence-corrected chi connectivity index (χ1v) is 11.7. The molecule has 0 saturated carbocycles. The van der Waals surface area contributed by atoms with Gasteiger partial charge < -0.3 is 16.8 Å². The number of fused-ring (bicyclic) bond motifs is 1. The van der Waals surface area contributed by atoms with Gasteiger partial charge in [-0.1, -0.05) is 24.3 Å². The predicted molar refractivity (Wildman–Crippen MR) is 137 cm³/mol. The van der Waals surface area contributed by atoms with Gasteiger partial charge in [0, 0.05) is 47.1 Å². The molecule has 6 N–H and O–H groups in total.